The highest BCUT2D eigenvalue weighted by molar-refractivity contribution is 5.76. The number of carbonyl (C=O) groups excluding carboxylic acids is 1. The summed E-state index contributed by atoms with van der Waals surface area (Å²) in [4.78, 5) is 18.6. The Kier molecular flexibility index (Phi) is 4.11. The number of piperidine rings is 1. The van der Waals surface area contributed by atoms with Crippen molar-refractivity contribution in [3.63, 3.8) is 0 Å². The first-order valence-corrected chi connectivity index (χ1v) is 8.73. The Morgan fingerprint density at radius 2 is 2.20 bits per heavy atom. The van der Waals surface area contributed by atoms with Crippen molar-refractivity contribution in [2.24, 2.45) is 5.41 Å². The van der Waals surface area contributed by atoms with Gasteiger partial charge in [0.15, 0.2) is 11.5 Å². The van der Waals surface area contributed by atoms with Gasteiger partial charge in [0, 0.05) is 25.5 Å². The molecule has 1 unspecified atom stereocenters. The molecule has 1 saturated heterocycles. The zero-order valence-corrected chi connectivity index (χ0v) is 14.5. The molecule has 1 aromatic heterocycles. The fourth-order valence-electron chi connectivity index (χ4n) is 3.85. The van der Waals surface area contributed by atoms with Crippen LogP contribution in [0.25, 0.3) is 0 Å². The van der Waals surface area contributed by atoms with Gasteiger partial charge in [-0.15, -0.1) is 0 Å². The van der Waals surface area contributed by atoms with Crippen LogP contribution in [0, 0.1) is 5.41 Å². The third kappa shape index (κ3) is 3.48. The molecule has 1 fully saturated rings. The number of imidazole rings is 1. The Morgan fingerprint density at radius 1 is 1.32 bits per heavy atom. The molecule has 0 radical (unpaired) electrons. The summed E-state index contributed by atoms with van der Waals surface area (Å²) in [5.74, 6) is 1.80. The average Bonchev–Trinajstić information content (AvgIpc) is 3.25. The fraction of sp³-hybridized carbons (Fsp3) is 0.474. The number of hydrogen-bond donors (Lipinski definition) is 0. The molecule has 4 rings (SSSR count). The Morgan fingerprint density at radius 3 is 3.04 bits per heavy atom. The monoisotopic (exact) mass is 341 g/mol. The third-order valence-corrected chi connectivity index (χ3v) is 5.08. The summed E-state index contributed by atoms with van der Waals surface area (Å²) in [5.41, 5.74) is 1.31. The van der Waals surface area contributed by atoms with E-state index in [1.54, 1.807) is 12.5 Å². The van der Waals surface area contributed by atoms with E-state index in [1.807, 2.05) is 21.7 Å². The minimum Gasteiger partial charge on any atom is -0.454 e. The molecule has 6 heteroatoms. The van der Waals surface area contributed by atoms with Gasteiger partial charge in [0.2, 0.25) is 12.7 Å². The van der Waals surface area contributed by atoms with Gasteiger partial charge in [-0.3, -0.25) is 4.79 Å². The summed E-state index contributed by atoms with van der Waals surface area (Å²) in [7, 11) is 0. The Labute approximate surface area is 147 Å². The van der Waals surface area contributed by atoms with Crippen molar-refractivity contribution in [2.75, 3.05) is 19.9 Å². The molecule has 1 amide bonds. The smallest absolute Gasteiger partial charge is 0.242 e. The maximum absolute atomic E-state index is 12.6. The molecule has 6 nitrogen and oxygen atoms in total. The quantitative estimate of drug-likeness (QED) is 0.857. The van der Waals surface area contributed by atoms with E-state index in [4.69, 9.17) is 9.47 Å². The van der Waals surface area contributed by atoms with E-state index in [-0.39, 0.29) is 11.3 Å². The molecule has 0 spiro atoms. The van der Waals surface area contributed by atoms with Gasteiger partial charge in [-0.1, -0.05) is 13.0 Å². The number of rotatable bonds is 4. The van der Waals surface area contributed by atoms with E-state index in [9.17, 15) is 4.79 Å². The van der Waals surface area contributed by atoms with Crippen LogP contribution in [0.15, 0.2) is 36.9 Å². The van der Waals surface area contributed by atoms with Crippen LogP contribution in [0.2, 0.25) is 0 Å². The van der Waals surface area contributed by atoms with Gasteiger partial charge in [-0.05, 0) is 42.4 Å². The minimum atomic E-state index is 0.0799. The van der Waals surface area contributed by atoms with Crippen LogP contribution < -0.4 is 9.47 Å². The first kappa shape index (κ1) is 16.0. The van der Waals surface area contributed by atoms with E-state index in [2.05, 4.69) is 24.0 Å². The predicted molar refractivity (Wildman–Crippen MR) is 92.4 cm³/mol. The van der Waals surface area contributed by atoms with Crippen molar-refractivity contribution in [2.45, 2.75) is 32.7 Å². The molecule has 3 heterocycles. The highest BCUT2D eigenvalue weighted by Crippen LogP contribution is 2.37. The maximum atomic E-state index is 12.6. The Hall–Kier alpha value is -2.50. The number of likely N-dealkylation sites (tertiary alicyclic amines) is 1. The summed E-state index contributed by atoms with van der Waals surface area (Å²) in [5, 5.41) is 0. The summed E-state index contributed by atoms with van der Waals surface area (Å²) in [6, 6.07) is 6.15. The van der Waals surface area contributed by atoms with Crippen molar-refractivity contribution >= 4 is 5.91 Å². The second-order valence-electron chi connectivity index (χ2n) is 7.33. The number of fused-ring (bicyclic) bond motifs is 1. The Balaban J connectivity index is 1.43. The highest BCUT2D eigenvalue weighted by atomic mass is 16.7. The molecule has 132 valence electrons. The summed E-state index contributed by atoms with van der Waals surface area (Å²) in [6.45, 7) is 4.56. The lowest BCUT2D eigenvalue weighted by Gasteiger charge is -2.41. The van der Waals surface area contributed by atoms with Crippen LogP contribution in [0.3, 0.4) is 0 Å². The lowest BCUT2D eigenvalue weighted by molar-refractivity contribution is -0.135. The predicted octanol–water partition coefficient (Wildman–Crippen LogP) is 2.48. The van der Waals surface area contributed by atoms with Crippen molar-refractivity contribution in [1.82, 2.24) is 14.5 Å². The van der Waals surface area contributed by atoms with Crippen LogP contribution >= 0.6 is 0 Å². The van der Waals surface area contributed by atoms with Crippen LogP contribution in [0.4, 0.5) is 0 Å². The lowest BCUT2D eigenvalue weighted by Crippen LogP contribution is -2.46. The topological polar surface area (TPSA) is 56.6 Å². The molecule has 1 atom stereocenters. The normalized spacial score (nSPS) is 22.2. The van der Waals surface area contributed by atoms with Crippen LogP contribution in [0.1, 0.15) is 25.3 Å². The van der Waals surface area contributed by atoms with Gasteiger partial charge in [0.1, 0.15) is 6.54 Å². The van der Waals surface area contributed by atoms with Gasteiger partial charge in [0.05, 0.1) is 6.33 Å². The molecule has 2 aliphatic rings. The van der Waals surface area contributed by atoms with Crippen molar-refractivity contribution in [3.05, 3.63) is 42.5 Å². The third-order valence-electron chi connectivity index (χ3n) is 5.08. The summed E-state index contributed by atoms with van der Waals surface area (Å²) < 4.78 is 12.7. The van der Waals surface area contributed by atoms with E-state index in [0.717, 1.165) is 43.9 Å². The fourth-order valence-corrected chi connectivity index (χ4v) is 3.85. The zero-order valence-electron chi connectivity index (χ0n) is 14.5. The second kappa shape index (κ2) is 6.43. The minimum absolute atomic E-state index is 0.0799. The molecule has 2 aliphatic heterocycles. The van der Waals surface area contributed by atoms with Gasteiger partial charge < -0.3 is 18.9 Å². The SMILES string of the molecule is CC1(Cc2ccc3c(c2)OCO3)CCCN(C(=O)Cn2ccnc2)C1. The molecule has 1 aromatic carbocycles. The zero-order chi connectivity index (χ0) is 17.3. The van der Waals surface area contributed by atoms with Crippen LogP contribution in [-0.4, -0.2) is 40.2 Å². The van der Waals surface area contributed by atoms with Crippen LogP contribution in [0.5, 0.6) is 11.5 Å². The average molecular weight is 341 g/mol. The largest absolute Gasteiger partial charge is 0.454 e. The standard InChI is InChI=1S/C19H23N3O3/c1-19(10-15-3-4-16-17(9-15)25-14-24-16)5-2-7-22(12-19)18(23)11-21-8-6-20-13-21/h3-4,6,8-9,13H,2,5,7,10-12,14H2,1H3. The van der Waals surface area contributed by atoms with Crippen LogP contribution in [-0.2, 0) is 17.8 Å². The van der Waals surface area contributed by atoms with E-state index >= 15 is 0 Å². The van der Waals surface area contributed by atoms with Crippen molar-refractivity contribution < 1.29 is 14.3 Å². The molecule has 0 aliphatic carbocycles. The number of nitrogens with zero attached hydrogens (tertiary/aromatic N) is 3. The number of ether oxygens (including phenoxy) is 2. The van der Waals surface area contributed by atoms with Gasteiger partial charge >= 0.3 is 0 Å². The molecular formula is C19H23N3O3. The number of carbonyl (C=O) groups is 1. The number of aromatic nitrogens is 2. The van der Waals surface area contributed by atoms with E-state index < -0.39 is 0 Å². The van der Waals surface area contributed by atoms with Gasteiger partial charge in [-0.2, -0.15) is 0 Å². The summed E-state index contributed by atoms with van der Waals surface area (Å²) >= 11 is 0. The van der Waals surface area contributed by atoms with Gasteiger partial charge in [0.25, 0.3) is 0 Å². The van der Waals surface area contributed by atoms with Gasteiger partial charge in [-0.25, -0.2) is 4.98 Å². The molecule has 0 N–H and O–H groups in total. The first-order valence-electron chi connectivity index (χ1n) is 8.73. The number of benzene rings is 1. The highest BCUT2D eigenvalue weighted by Gasteiger charge is 2.33. The number of amides is 1. The van der Waals surface area contributed by atoms with Crippen molar-refractivity contribution in [3.8, 4) is 11.5 Å². The molecule has 0 saturated carbocycles. The molecular weight excluding hydrogens is 318 g/mol. The molecule has 2 aromatic rings. The lowest BCUT2D eigenvalue weighted by atomic mass is 9.77. The number of hydrogen-bond acceptors (Lipinski definition) is 4. The van der Waals surface area contributed by atoms with E-state index in [0.29, 0.717) is 13.3 Å². The van der Waals surface area contributed by atoms with E-state index in [1.165, 1.54) is 5.56 Å². The first-order chi connectivity index (χ1) is 12.1. The molecule has 0 bridgehead atoms. The van der Waals surface area contributed by atoms with Crippen molar-refractivity contribution in [1.29, 1.82) is 0 Å². The maximum Gasteiger partial charge on any atom is 0.242 e. The summed E-state index contributed by atoms with van der Waals surface area (Å²) in [6.07, 6.45) is 8.31. The Bertz CT molecular complexity index is 759. The second-order valence-corrected chi connectivity index (χ2v) is 7.33. The molecule has 25 heavy (non-hydrogen) atoms.